The van der Waals surface area contributed by atoms with Gasteiger partial charge in [0, 0.05) is 5.56 Å². The molecule has 0 heterocycles. The smallest absolute Gasteiger partial charge is 0.188 e. The van der Waals surface area contributed by atoms with Crippen molar-refractivity contribution < 1.29 is 4.79 Å². The second-order valence-electron chi connectivity index (χ2n) is 3.27. The first-order valence-electron chi connectivity index (χ1n) is 5.64. The summed E-state index contributed by atoms with van der Waals surface area (Å²) < 4.78 is 0. The molecular formula is C14H18O. The van der Waals surface area contributed by atoms with Gasteiger partial charge in [0.05, 0.1) is 0 Å². The second kappa shape index (κ2) is 5.50. The predicted molar refractivity (Wildman–Crippen MR) is 64.2 cm³/mol. The average Bonchev–Trinajstić information content (AvgIpc) is 2.33. The van der Waals surface area contributed by atoms with Crippen LogP contribution in [0.15, 0.2) is 35.9 Å². The highest BCUT2D eigenvalue weighted by Crippen LogP contribution is 2.22. The zero-order chi connectivity index (χ0) is 11.3. The lowest BCUT2D eigenvalue weighted by molar-refractivity contribution is 0.102. The fraction of sp³-hybridized carbons (Fsp3) is 0.357. The molecule has 0 aromatic heterocycles. The Labute approximate surface area is 91.8 Å². The molecule has 0 bridgehead atoms. The number of allylic oxidation sites excluding steroid dienone is 2. The average molecular weight is 202 g/mol. The Morgan fingerprint density at radius 3 is 2.53 bits per heavy atom. The molecular weight excluding hydrogens is 184 g/mol. The number of benzene rings is 1. The van der Waals surface area contributed by atoms with Crippen molar-refractivity contribution in [3.05, 3.63) is 47.0 Å². The summed E-state index contributed by atoms with van der Waals surface area (Å²) in [7, 11) is 0. The second-order valence-corrected chi connectivity index (χ2v) is 3.27. The van der Waals surface area contributed by atoms with Gasteiger partial charge >= 0.3 is 0 Å². The molecule has 1 aromatic carbocycles. The van der Waals surface area contributed by atoms with Crippen LogP contribution >= 0.6 is 0 Å². The van der Waals surface area contributed by atoms with Crippen LogP contribution in [0.5, 0.6) is 0 Å². The monoisotopic (exact) mass is 202 g/mol. The summed E-state index contributed by atoms with van der Waals surface area (Å²) in [6.45, 7) is 6.03. The molecule has 0 saturated heterocycles. The van der Waals surface area contributed by atoms with E-state index in [1.807, 2.05) is 51.1 Å². The maximum Gasteiger partial charge on any atom is 0.188 e. The van der Waals surface area contributed by atoms with E-state index in [1.54, 1.807) is 0 Å². The van der Waals surface area contributed by atoms with Gasteiger partial charge in [-0.3, -0.25) is 4.79 Å². The number of hydrogen-bond acceptors (Lipinski definition) is 1. The number of hydrogen-bond donors (Lipinski definition) is 0. The first-order valence-corrected chi connectivity index (χ1v) is 5.64. The molecule has 1 aromatic rings. The minimum Gasteiger partial charge on any atom is -0.289 e. The van der Waals surface area contributed by atoms with Crippen molar-refractivity contribution in [3.8, 4) is 0 Å². The third-order valence-corrected chi connectivity index (χ3v) is 2.50. The van der Waals surface area contributed by atoms with E-state index in [0.29, 0.717) is 0 Å². The summed E-state index contributed by atoms with van der Waals surface area (Å²) in [6, 6.07) is 7.85. The molecule has 0 saturated carbocycles. The van der Waals surface area contributed by atoms with E-state index < -0.39 is 0 Å². The summed E-state index contributed by atoms with van der Waals surface area (Å²) in [4.78, 5) is 11.8. The van der Waals surface area contributed by atoms with Crippen LogP contribution in [0.2, 0.25) is 0 Å². The molecule has 0 spiro atoms. The number of rotatable bonds is 1. The summed E-state index contributed by atoms with van der Waals surface area (Å²) in [6.07, 6.45) is 3.79. The van der Waals surface area contributed by atoms with Crippen LogP contribution in [0.1, 0.15) is 43.1 Å². The standard InChI is InChI=1S/C12H12O.C2H6/c1-2-9-7-8-10-5-3-4-6-11(10)12(9)13;1-2/h3-7H,2,8H2,1H3;1-2H3. The van der Waals surface area contributed by atoms with Crippen molar-refractivity contribution in [1.82, 2.24) is 0 Å². The van der Waals surface area contributed by atoms with Gasteiger partial charge in [0.25, 0.3) is 0 Å². The van der Waals surface area contributed by atoms with Gasteiger partial charge < -0.3 is 0 Å². The van der Waals surface area contributed by atoms with Crippen LogP contribution in [0.3, 0.4) is 0 Å². The number of carbonyl (C=O) groups excluding carboxylic acids is 1. The number of carbonyl (C=O) groups is 1. The lowest BCUT2D eigenvalue weighted by atomic mass is 9.89. The van der Waals surface area contributed by atoms with E-state index in [1.165, 1.54) is 0 Å². The van der Waals surface area contributed by atoms with Crippen molar-refractivity contribution >= 4 is 5.78 Å². The van der Waals surface area contributed by atoms with Gasteiger partial charge in [-0.05, 0) is 24.0 Å². The van der Waals surface area contributed by atoms with Crippen LogP contribution in [0.25, 0.3) is 0 Å². The SMILES string of the molecule is CC.CCC1=CCc2ccccc2C1=O. The third kappa shape index (κ3) is 2.35. The van der Waals surface area contributed by atoms with Gasteiger partial charge in [-0.15, -0.1) is 0 Å². The Morgan fingerprint density at radius 1 is 1.20 bits per heavy atom. The van der Waals surface area contributed by atoms with Gasteiger partial charge in [-0.2, -0.15) is 0 Å². The quantitative estimate of drug-likeness (QED) is 0.677. The third-order valence-electron chi connectivity index (χ3n) is 2.50. The van der Waals surface area contributed by atoms with Crippen molar-refractivity contribution in [3.63, 3.8) is 0 Å². The Bertz CT molecular complexity index is 375. The van der Waals surface area contributed by atoms with Crippen molar-refractivity contribution in [2.45, 2.75) is 33.6 Å². The van der Waals surface area contributed by atoms with Crippen LogP contribution in [-0.2, 0) is 6.42 Å². The van der Waals surface area contributed by atoms with Crippen molar-refractivity contribution in [1.29, 1.82) is 0 Å². The summed E-state index contributed by atoms with van der Waals surface area (Å²) in [5.74, 6) is 0.212. The van der Waals surface area contributed by atoms with E-state index in [2.05, 4.69) is 0 Å². The van der Waals surface area contributed by atoms with Gasteiger partial charge in [0.2, 0.25) is 0 Å². The molecule has 15 heavy (non-hydrogen) atoms. The summed E-state index contributed by atoms with van der Waals surface area (Å²) in [5, 5.41) is 0. The van der Waals surface area contributed by atoms with E-state index >= 15 is 0 Å². The minimum atomic E-state index is 0.212. The molecule has 1 aliphatic carbocycles. The van der Waals surface area contributed by atoms with Gasteiger partial charge in [-0.25, -0.2) is 0 Å². The molecule has 0 fully saturated rings. The normalized spacial score (nSPS) is 13.5. The maximum absolute atomic E-state index is 11.8. The molecule has 0 unspecified atom stereocenters. The lowest BCUT2D eigenvalue weighted by Crippen LogP contribution is -2.11. The molecule has 0 aliphatic heterocycles. The first kappa shape index (κ1) is 11.7. The highest BCUT2D eigenvalue weighted by molar-refractivity contribution is 6.10. The molecule has 80 valence electrons. The van der Waals surface area contributed by atoms with Crippen LogP contribution in [-0.4, -0.2) is 5.78 Å². The zero-order valence-electron chi connectivity index (χ0n) is 9.71. The van der Waals surface area contributed by atoms with Crippen LogP contribution in [0, 0.1) is 0 Å². The summed E-state index contributed by atoms with van der Waals surface area (Å²) >= 11 is 0. The number of Topliss-reactive ketones (excluding diaryl/α,β-unsaturated/α-hetero) is 1. The van der Waals surface area contributed by atoms with Crippen LogP contribution in [0.4, 0.5) is 0 Å². The molecule has 2 rings (SSSR count). The maximum atomic E-state index is 11.8. The highest BCUT2D eigenvalue weighted by atomic mass is 16.1. The zero-order valence-corrected chi connectivity index (χ0v) is 9.71. The molecule has 0 atom stereocenters. The molecule has 1 nitrogen and oxygen atoms in total. The van der Waals surface area contributed by atoms with Crippen molar-refractivity contribution in [2.24, 2.45) is 0 Å². The van der Waals surface area contributed by atoms with E-state index in [0.717, 1.165) is 29.5 Å². The molecule has 1 aliphatic rings. The predicted octanol–water partition coefficient (Wildman–Crippen LogP) is 3.79. The molecule has 0 amide bonds. The molecule has 0 radical (unpaired) electrons. The lowest BCUT2D eigenvalue weighted by Gasteiger charge is -2.13. The minimum absolute atomic E-state index is 0.212. The van der Waals surface area contributed by atoms with E-state index in [9.17, 15) is 4.79 Å². The fourth-order valence-electron chi connectivity index (χ4n) is 1.72. The van der Waals surface area contributed by atoms with Crippen molar-refractivity contribution in [2.75, 3.05) is 0 Å². The highest BCUT2D eigenvalue weighted by Gasteiger charge is 2.17. The van der Waals surface area contributed by atoms with Gasteiger partial charge in [0.15, 0.2) is 5.78 Å². The first-order chi connectivity index (χ1) is 7.33. The van der Waals surface area contributed by atoms with E-state index in [-0.39, 0.29) is 5.78 Å². The Kier molecular flexibility index (Phi) is 4.29. The largest absolute Gasteiger partial charge is 0.289 e. The fourth-order valence-corrected chi connectivity index (χ4v) is 1.72. The Balaban J connectivity index is 0.000000531. The van der Waals surface area contributed by atoms with Crippen LogP contribution < -0.4 is 0 Å². The molecule has 0 N–H and O–H groups in total. The van der Waals surface area contributed by atoms with Gasteiger partial charge in [0.1, 0.15) is 0 Å². The van der Waals surface area contributed by atoms with E-state index in [4.69, 9.17) is 0 Å². The molecule has 1 heteroatoms. The van der Waals surface area contributed by atoms with Gasteiger partial charge in [-0.1, -0.05) is 51.1 Å². The Morgan fingerprint density at radius 2 is 1.87 bits per heavy atom. The Hall–Kier alpha value is -1.37. The number of fused-ring (bicyclic) bond motifs is 1. The number of ketones is 1. The topological polar surface area (TPSA) is 17.1 Å². The summed E-state index contributed by atoms with van der Waals surface area (Å²) in [5.41, 5.74) is 3.00.